The molecular formula is C17H26IN3O4S. The molecule has 0 amide bonds. The van der Waals surface area contributed by atoms with Crippen LogP contribution in [0.1, 0.15) is 25.7 Å². The smallest absolute Gasteiger partial charge is 0.193 e. The fraction of sp³-hybridized carbons (Fsp3) is 0.588. The van der Waals surface area contributed by atoms with Gasteiger partial charge in [-0.25, -0.2) is 8.42 Å². The molecule has 2 aliphatic heterocycles. The first-order valence-electron chi connectivity index (χ1n) is 8.69. The number of hydrogen-bond donors (Lipinski definition) is 2. The maximum absolute atomic E-state index is 11.4. The summed E-state index contributed by atoms with van der Waals surface area (Å²) in [6.07, 6.45) is 3.18. The lowest BCUT2D eigenvalue weighted by atomic mass is 9.99. The molecule has 0 bridgehead atoms. The van der Waals surface area contributed by atoms with Gasteiger partial charge in [-0.15, -0.1) is 24.0 Å². The quantitative estimate of drug-likeness (QED) is 0.378. The molecule has 1 fully saturated rings. The van der Waals surface area contributed by atoms with Gasteiger partial charge in [-0.1, -0.05) is 0 Å². The minimum atomic E-state index is -2.80. The second-order valence-electron chi connectivity index (χ2n) is 6.49. The Balaban J connectivity index is 0.00000243. The van der Waals surface area contributed by atoms with Crippen molar-refractivity contribution in [1.82, 2.24) is 0 Å². The van der Waals surface area contributed by atoms with Crippen molar-refractivity contribution in [3.8, 4) is 11.5 Å². The van der Waals surface area contributed by atoms with Crippen LogP contribution in [0.15, 0.2) is 23.2 Å². The van der Waals surface area contributed by atoms with Gasteiger partial charge in [0.2, 0.25) is 0 Å². The van der Waals surface area contributed by atoms with Crippen LogP contribution in [0, 0.1) is 5.92 Å². The van der Waals surface area contributed by atoms with Crippen LogP contribution in [0.3, 0.4) is 0 Å². The van der Waals surface area contributed by atoms with Gasteiger partial charge in [0.1, 0.15) is 9.84 Å². The summed E-state index contributed by atoms with van der Waals surface area (Å²) in [5.74, 6) is 2.80. The highest BCUT2D eigenvalue weighted by atomic mass is 127. The van der Waals surface area contributed by atoms with E-state index >= 15 is 0 Å². The van der Waals surface area contributed by atoms with Crippen molar-refractivity contribution in [2.75, 3.05) is 36.6 Å². The average molecular weight is 495 g/mol. The summed E-state index contributed by atoms with van der Waals surface area (Å²) in [6, 6.07) is 5.59. The first kappa shape index (κ1) is 21.1. The Labute approximate surface area is 171 Å². The third-order valence-electron chi connectivity index (χ3n) is 4.51. The molecular weight excluding hydrogens is 469 g/mol. The Morgan fingerprint density at radius 2 is 1.88 bits per heavy atom. The molecule has 0 atom stereocenters. The molecule has 3 N–H and O–H groups in total. The lowest BCUT2D eigenvalue weighted by molar-refractivity contribution is 0.297. The predicted octanol–water partition coefficient (Wildman–Crippen LogP) is 2.41. The van der Waals surface area contributed by atoms with E-state index in [1.165, 1.54) is 0 Å². The van der Waals surface area contributed by atoms with E-state index in [0.717, 1.165) is 37.1 Å². The van der Waals surface area contributed by atoms with E-state index in [0.29, 0.717) is 48.9 Å². The Bertz CT molecular complexity index is 726. The van der Waals surface area contributed by atoms with Gasteiger partial charge in [0.05, 0.1) is 24.7 Å². The number of nitrogens with two attached hydrogens (primary N) is 1. The molecule has 0 radical (unpaired) electrons. The van der Waals surface area contributed by atoms with Crippen molar-refractivity contribution in [2.45, 2.75) is 25.7 Å². The largest absolute Gasteiger partial charge is 0.490 e. The number of sulfone groups is 1. The normalized spacial score (nSPS) is 19.9. The molecule has 3 rings (SSSR count). The third-order valence-corrected chi connectivity index (χ3v) is 6.23. The minimum Gasteiger partial charge on any atom is -0.490 e. The average Bonchev–Trinajstić information content (AvgIpc) is 2.81. The van der Waals surface area contributed by atoms with Crippen molar-refractivity contribution in [3.63, 3.8) is 0 Å². The molecule has 0 aromatic heterocycles. The third kappa shape index (κ3) is 6.19. The highest BCUT2D eigenvalue weighted by Crippen LogP contribution is 2.32. The number of fused-ring (bicyclic) bond motifs is 1. The summed E-state index contributed by atoms with van der Waals surface area (Å²) in [5, 5.41) is 3.06. The lowest BCUT2D eigenvalue weighted by Gasteiger charge is -2.20. The zero-order valence-electron chi connectivity index (χ0n) is 14.6. The number of halogens is 1. The second-order valence-corrected chi connectivity index (χ2v) is 8.79. The predicted molar refractivity (Wildman–Crippen MR) is 114 cm³/mol. The molecule has 1 aromatic rings. The zero-order chi connectivity index (χ0) is 17.7. The molecule has 0 unspecified atom stereocenters. The van der Waals surface area contributed by atoms with Crippen LogP contribution in [0.2, 0.25) is 0 Å². The molecule has 2 heterocycles. The Morgan fingerprint density at radius 3 is 2.62 bits per heavy atom. The van der Waals surface area contributed by atoms with Gasteiger partial charge in [-0.05, 0) is 37.3 Å². The maximum atomic E-state index is 11.4. The van der Waals surface area contributed by atoms with Gasteiger partial charge in [0.15, 0.2) is 17.5 Å². The molecule has 0 spiro atoms. The number of aliphatic imine (C=N–C) groups is 1. The van der Waals surface area contributed by atoms with Crippen LogP contribution in [0.25, 0.3) is 0 Å². The highest BCUT2D eigenvalue weighted by molar-refractivity contribution is 14.0. The lowest BCUT2D eigenvalue weighted by Crippen LogP contribution is -2.25. The number of ether oxygens (including phenoxy) is 2. The summed E-state index contributed by atoms with van der Waals surface area (Å²) in [7, 11) is -2.80. The molecule has 0 aliphatic carbocycles. The van der Waals surface area contributed by atoms with Crippen LogP contribution in [0.5, 0.6) is 11.5 Å². The van der Waals surface area contributed by atoms with E-state index in [4.69, 9.17) is 15.2 Å². The van der Waals surface area contributed by atoms with Gasteiger partial charge in [-0.2, -0.15) is 0 Å². The molecule has 0 saturated carbocycles. The number of nitrogens with one attached hydrogen (secondary N) is 1. The van der Waals surface area contributed by atoms with Crippen LogP contribution >= 0.6 is 24.0 Å². The van der Waals surface area contributed by atoms with Crippen LogP contribution < -0.4 is 20.5 Å². The molecule has 9 heteroatoms. The molecule has 146 valence electrons. The Hall–Kier alpha value is -1.23. The number of benzene rings is 1. The molecule has 7 nitrogen and oxygen atoms in total. The van der Waals surface area contributed by atoms with Crippen molar-refractivity contribution in [2.24, 2.45) is 16.6 Å². The Morgan fingerprint density at radius 1 is 1.19 bits per heavy atom. The van der Waals surface area contributed by atoms with Gasteiger partial charge < -0.3 is 20.5 Å². The van der Waals surface area contributed by atoms with E-state index in [1.54, 1.807) is 0 Å². The monoisotopic (exact) mass is 495 g/mol. The fourth-order valence-electron chi connectivity index (χ4n) is 3.02. The molecule has 1 aromatic carbocycles. The van der Waals surface area contributed by atoms with E-state index in [2.05, 4.69) is 10.3 Å². The van der Waals surface area contributed by atoms with Gasteiger partial charge >= 0.3 is 0 Å². The molecule has 26 heavy (non-hydrogen) atoms. The summed E-state index contributed by atoms with van der Waals surface area (Å²) >= 11 is 0. The molecule has 2 aliphatic rings. The summed E-state index contributed by atoms with van der Waals surface area (Å²) in [6.45, 7) is 1.89. The highest BCUT2D eigenvalue weighted by Gasteiger charge is 2.23. The topological polar surface area (TPSA) is 103 Å². The van der Waals surface area contributed by atoms with Gasteiger partial charge in [0, 0.05) is 24.7 Å². The first-order chi connectivity index (χ1) is 12.0. The maximum Gasteiger partial charge on any atom is 0.193 e. The van der Waals surface area contributed by atoms with E-state index in [9.17, 15) is 8.42 Å². The van der Waals surface area contributed by atoms with Crippen molar-refractivity contribution < 1.29 is 17.9 Å². The standard InChI is InChI=1S/C17H25N3O4S.HI/c18-17(19-7-4-13-5-10-25(21,22)11-6-13)20-14-2-3-15-16(12-14)24-9-1-8-23-15;/h2-3,12-13H,1,4-11H2,(H3,18,19,20);1H. The number of guanidine groups is 1. The van der Waals surface area contributed by atoms with E-state index < -0.39 is 9.84 Å². The van der Waals surface area contributed by atoms with E-state index in [-0.39, 0.29) is 24.0 Å². The van der Waals surface area contributed by atoms with Crippen molar-refractivity contribution in [1.29, 1.82) is 0 Å². The van der Waals surface area contributed by atoms with Gasteiger partial charge in [-0.3, -0.25) is 4.99 Å². The molecule has 1 saturated heterocycles. The fourth-order valence-corrected chi connectivity index (χ4v) is 4.61. The summed E-state index contributed by atoms with van der Waals surface area (Å²) < 4.78 is 34.1. The zero-order valence-corrected chi connectivity index (χ0v) is 17.8. The van der Waals surface area contributed by atoms with E-state index in [1.807, 2.05) is 18.2 Å². The van der Waals surface area contributed by atoms with Gasteiger partial charge in [0.25, 0.3) is 0 Å². The number of rotatable bonds is 4. The Kier molecular flexibility index (Phi) is 7.81. The van der Waals surface area contributed by atoms with Crippen molar-refractivity contribution in [3.05, 3.63) is 18.2 Å². The number of anilines is 1. The number of nitrogens with zero attached hydrogens (tertiary/aromatic N) is 1. The van der Waals surface area contributed by atoms with Crippen molar-refractivity contribution >= 4 is 45.5 Å². The minimum absolute atomic E-state index is 0. The van der Waals surface area contributed by atoms with Crippen LogP contribution in [0.4, 0.5) is 5.69 Å². The first-order valence-corrected chi connectivity index (χ1v) is 10.5. The number of hydrogen-bond acceptors (Lipinski definition) is 5. The SMILES string of the molecule is I.NC(=NCCC1CCS(=O)(=O)CC1)Nc1ccc2c(c1)OCCCO2. The van der Waals surface area contributed by atoms with Crippen LogP contribution in [-0.4, -0.2) is 45.6 Å². The summed E-state index contributed by atoms with van der Waals surface area (Å²) in [4.78, 5) is 4.34. The van der Waals surface area contributed by atoms with Crippen LogP contribution in [-0.2, 0) is 9.84 Å². The summed E-state index contributed by atoms with van der Waals surface area (Å²) in [5.41, 5.74) is 6.74. The second kappa shape index (κ2) is 9.63.